The van der Waals surface area contributed by atoms with Crippen LogP contribution in [0.4, 0.5) is 0 Å². The molecule has 10 heteroatoms. The number of carbonyl (C=O) groups is 2. The zero-order valence-electron chi connectivity index (χ0n) is 25.3. The normalized spacial score (nSPS) is 13.8. The first-order chi connectivity index (χ1) is 19.3. The van der Waals surface area contributed by atoms with Crippen molar-refractivity contribution >= 4 is 19.8 Å². The van der Waals surface area contributed by atoms with Crippen LogP contribution in [0.15, 0.2) is 12.2 Å². The molecule has 1 unspecified atom stereocenters. The summed E-state index contributed by atoms with van der Waals surface area (Å²) in [6, 6.07) is 0. The number of allylic oxidation sites excluding steroid dienone is 2. The maximum Gasteiger partial charge on any atom is 0.472 e. The highest BCUT2D eigenvalue weighted by Gasteiger charge is 2.25. The second-order valence-corrected chi connectivity index (χ2v) is 11.8. The van der Waals surface area contributed by atoms with Crippen LogP contribution in [0.25, 0.3) is 0 Å². The highest BCUT2D eigenvalue weighted by atomic mass is 31.2. The fraction of sp³-hybridized carbons (Fsp3) is 0.867. The Bertz CT molecular complexity index is 689. The van der Waals surface area contributed by atoms with Crippen LogP contribution in [0.2, 0.25) is 0 Å². The van der Waals surface area contributed by atoms with Crippen LogP contribution in [0, 0.1) is 0 Å². The molecule has 0 aliphatic heterocycles. The van der Waals surface area contributed by atoms with Crippen LogP contribution < -0.4 is 5.73 Å². The van der Waals surface area contributed by atoms with E-state index in [4.69, 9.17) is 24.3 Å². The summed E-state index contributed by atoms with van der Waals surface area (Å²) in [7, 11) is -4.35. The van der Waals surface area contributed by atoms with Crippen molar-refractivity contribution in [3.8, 4) is 0 Å². The Kier molecular flexibility index (Phi) is 27.0. The molecular weight excluding hydrogens is 533 g/mol. The van der Waals surface area contributed by atoms with Gasteiger partial charge in [-0.15, -0.1) is 0 Å². The molecule has 9 nitrogen and oxygen atoms in total. The highest BCUT2D eigenvalue weighted by molar-refractivity contribution is 7.47. The summed E-state index contributed by atoms with van der Waals surface area (Å²) in [5.41, 5.74) is 5.30. The lowest BCUT2D eigenvalue weighted by Crippen LogP contribution is -2.29. The van der Waals surface area contributed by atoms with E-state index in [2.05, 4.69) is 26.0 Å². The van der Waals surface area contributed by atoms with Crippen LogP contribution in [-0.4, -0.2) is 49.3 Å². The van der Waals surface area contributed by atoms with Crippen molar-refractivity contribution in [2.75, 3.05) is 26.4 Å². The molecule has 0 amide bonds. The Balaban J connectivity index is 4.35. The minimum Gasteiger partial charge on any atom is -0.462 e. The Morgan fingerprint density at radius 3 is 1.85 bits per heavy atom. The fourth-order valence-electron chi connectivity index (χ4n) is 4.02. The summed E-state index contributed by atoms with van der Waals surface area (Å²) < 4.78 is 32.4. The van der Waals surface area contributed by atoms with Crippen molar-refractivity contribution < 1.29 is 37.6 Å². The minimum atomic E-state index is -4.35. The van der Waals surface area contributed by atoms with Crippen molar-refractivity contribution in [1.29, 1.82) is 0 Å². The number of unbranched alkanes of at least 4 members (excludes halogenated alkanes) is 14. The van der Waals surface area contributed by atoms with Crippen LogP contribution in [0.1, 0.15) is 136 Å². The van der Waals surface area contributed by atoms with Gasteiger partial charge >= 0.3 is 19.8 Å². The molecule has 0 fully saturated rings. The molecule has 0 bridgehead atoms. The van der Waals surface area contributed by atoms with E-state index in [1.54, 1.807) is 0 Å². The molecule has 0 radical (unpaired) electrons. The second-order valence-electron chi connectivity index (χ2n) is 10.3. The highest BCUT2D eigenvalue weighted by Crippen LogP contribution is 2.43. The number of esters is 2. The topological polar surface area (TPSA) is 134 Å². The van der Waals surface area contributed by atoms with Crippen molar-refractivity contribution in [2.24, 2.45) is 5.73 Å². The molecule has 0 aliphatic rings. The van der Waals surface area contributed by atoms with E-state index in [0.29, 0.717) is 6.42 Å². The molecule has 0 aromatic carbocycles. The Morgan fingerprint density at radius 2 is 1.25 bits per heavy atom. The molecule has 0 spiro atoms. The monoisotopic (exact) mass is 591 g/mol. The van der Waals surface area contributed by atoms with Gasteiger partial charge in [0.25, 0.3) is 0 Å². The molecular formula is C30H58NO8P. The first-order valence-corrected chi connectivity index (χ1v) is 17.2. The van der Waals surface area contributed by atoms with E-state index in [1.165, 1.54) is 44.9 Å². The van der Waals surface area contributed by atoms with E-state index in [-0.39, 0.29) is 38.6 Å². The predicted octanol–water partition coefficient (Wildman–Crippen LogP) is 7.54. The second kappa shape index (κ2) is 27.9. The van der Waals surface area contributed by atoms with Crippen molar-refractivity contribution in [3.63, 3.8) is 0 Å². The number of phosphoric ester groups is 1. The quantitative estimate of drug-likeness (QED) is 0.0391. The number of rotatable bonds is 29. The van der Waals surface area contributed by atoms with Gasteiger partial charge in [0.1, 0.15) is 6.61 Å². The lowest BCUT2D eigenvalue weighted by atomic mass is 10.1. The van der Waals surface area contributed by atoms with E-state index >= 15 is 0 Å². The van der Waals surface area contributed by atoms with Crippen LogP contribution in [0.3, 0.4) is 0 Å². The Hall–Kier alpha value is -1.25. The molecule has 0 aromatic rings. The van der Waals surface area contributed by atoms with Gasteiger partial charge in [-0.05, 0) is 32.1 Å². The third-order valence-corrected chi connectivity index (χ3v) is 7.39. The predicted molar refractivity (Wildman–Crippen MR) is 160 cm³/mol. The van der Waals surface area contributed by atoms with Gasteiger partial charge in [0, 0.05) is 19.4 Å². The van der Waals surface area contributed by atoms with E-state index < -0.39 is 26.5 Å². The first kappa shape index (κ1) is 38.8. The number of carbonyl (C=O) groups excluding carboxylic acids is 2. The van der Waals surface area contributed by atoms with Gasteiger partial charge in [0.05, 0.1) is 13.2 Å². The minimum absolute atomic E-state index is 0.0539. The molecule has 0 saturated carbocycles. The maximum absolute atomic E-state index is 12.4. The number of hydrogen-bond donors (Lipinski definition) is 2. The van der Waals surface area contributed by atoms with E-state index in [1.807, 2.05) is 0 Å². The summed E-state index contributed by atoms with van der Waals surface area (Å²) in [6.45, 7) is 3.61. The Morgan fingerprint density at radius 1 is 0.725 bits per heavy atom. The number of hydrogen-bond acceptors (Lipinski definition) is 8. The molecule has 236 valence electrons. The molecule has 40 heavy (non-hydrogen) atoms. The van der Waals surface area contributed by atoms with Gasteiger partial charge < -0.3 is 20.1 Å². The van der Waals surface area contributed by atoms with E-state index in [0.717, 1.165) is 57.8 Å². The summed E-state index contributed by atoms with van der Waals surface area (Å²) >= 11 is 0. The van der Waals surface area contributed by atoms with Gasteiger partial charge in [-0.1, -0.05) is 103 Å². The molecule has 0 aromatic heterocycles. The van der Waals surface area contributed by atoms with Crippen molar-refractivity contribution in [1.82, 2.24) is 0 Å². The molecule has 0 rings (SSSR count). The molecule has 2 atom stereocenters. The summed E-state index contributed by atoms with van der Waals surface area (Å²) in [5.74, 6) is -0.846. The smallest absolute Gasteiger partial charge is 0.462 e. The maximum atomic E-state index is 12.4. The third-order valence-electron chi connectivity index (χ3n) is 6.40. The van der Waals surface area contributed by atoms with Gasteiger partial charge in [-0.3, -0.25) is 18.6 Å². The molecule has 0 aliphatic carbocycles. The lowest BCUT2D eigenvalue weighted by molar-refractivity contribution is -0.161. The summed E-state index contributed by atoms with van der Waals surface area (Å²) in [5, 5.41) is 0. The van der Waals surface area contributed by atoms with Gasteiger partial charge in [0.2, 0.25) is 0 Å². The van der Waals surface area contributed by atoms with Crippen molar-refractivity contribution in [3.05, 3.63) is 12.2 Å². The average Bonchev–Trinajstić information content (AvgIpc) is 2.93. The molecule has 0 heterocycles. The van der Waals surface area contributed by atoms with E-state index in [9.17, 15) is 19.0 Å². The third kappa shape index (κ3) is 26.9. The van der Waals surface area contributed by atoms with Crippen LogP contribution in [0.5, 0.6) is 0 Å². The van der Waals surface area contributed by atoms with Gasteiger partial charge in [0.15, 0.2) is 6.10 Å². The number of nitrogens with two attached hydrogens (primary N) is 1. The number of ether oxygens (including phenoxy) is 2. The molecule has 3 N–H and O–H groups in total. The Labute approximate surface area is 243 Å². The van der Waals surface area contributed by atoms with Crippen LogP contribution in [-0.2, 0) is 32.7 Å². The molecule has 0 saturated heterocycles. The number of phosphoric acid groups is 1. The largest absolute Gasteiger partial charge is 0.472 e. The van der Waals surface area contributed by atoms with Gasteiger partial charge in [-0.25, -0.2) is 4.57 Å². The summed E-state index contributed by atoms with van der Waals surface area (Å²) in [6.07, 6.45) is 22.6. The van der Waals surface area contributed by atoms with Crippen molar-refractivity contribution in [2.45, 2.75) is 142 Å². The average molecular weight is 592 g/mol. The SMILES string of the molecule is CCCC/C=C\CCCCCCCC(=O)O[C@H](COC(=O)CCCCCCCCCC)COP(=O)(O)OCCN. The van der Waals surface area contributed by atoms with Gasteiger partial charge in [-0.2, -0.15) is 0 Å². The zero-order chi connectivity index (χ0) is 29.7. The standard InChI is InChI=1S/C30H58NO8P/c1-3-5-7-9-11-13-14-15-17-19-21-23-30(33)39-28(27-38-40(34,35)37-25-24-31)26-36-29(32)22-20-18-16-12-10-8-6-4-2/h9,11,28H,3-8,10,12-27,31H2,1-2H3,(H,34,35)/b11-9-/t28-/m1/s1. The fourth-order valence-corrected chi connectivity index (χ4v) is 4.79. The first-order valence-electron chi connectivity index (χ1n) is 15.7. The van der Waals surface area contributed by atoms with Crippen LogP contribution >= 0.6 is 7.82 Å². The zero-order valence-corrected chi connectivity index (χ0v) is 26.2. The summed E-state index contributed by atoms with van der Waals surface area (Å²) in [4.78, 5) is 34.3. The lowest BCUT2D eigenvalue weighted by Gasteiger charge is -2.19.